The number of H-pyrrole nitrogens is 1. The Morgan fingerprint density at radius 1 is 1.26 bits per heavy atom. The Morgan fingerprint density at radius 2 is 2.06 bits per heavy atom. The molecule has 0 spiro atoms. The van der Waals surface area contributed by atoms with Crippen molar-refractivity contribution < 1.29 is 23.8 Å². The van der Waals surface area contributed by atoms with Crippen LogP contribution in [-0.2, 0) is 0 Å². The topological polar surface area (TPSA) is 109 Å². The number of nitrogens with zero attached hydrogens (tertiary/aromatic N) is 1. The van der Waals surface area contributed by atoms with Gasteiger partial charge in [0.25, 0.3) is 5.91 Å². The summed E-state index contributed by atoms with van der Waals surface area (Å²) in [4.78, 5) is 20.8. The number of halogens is 2. The number of aryl methyl sites for hydroxylation is 1. The summed E-state index contributed by atoms with van der Waals surface area (Å²) in [7, 11) is 1.42. The summed E-state index contributed by atoms with van der Waals surface area (Å²) in [5.41, 5.74) is 3.60. The predicted octanol–water partition coefficient (Wildman–Crippen LogP) is 2.96. The molecule has 3 aromatic rings. The number of aromatic amines is 1. The highest BCUT2D eigenvalue weighted by molar-refractivity contribution is 6.10. The number of hydrogen-bond donors (Lipinski definition) is 4. The Kier molecular flexibility index (Phi) is 6.97. The highest BCUT2D eigenvalue weighted by Gasteiger charge is 2.29. The number of aliphatic hydroxyl groups excluding tert-OH is 1. The Labute approximate surface area is 202 Å². The fraction of sp³-hybridized carbons (Fsp3) is 0.417. The summed E-state index contributed by atoms with van der Waals surface area (Å²) in [6.45, 7) is 3.28. The fourth-order valence-corrected chi connectivity index (χ4v) is 4.27. The second-order valence-corrected chi connectivity index (χ2v) is 8.75. The third-order valence-corrected chi connectivity index (χ3v) is 6.32. The first-order chi connectivity index (χ1) is 16.0. The molecule has 34 heavy (non-hydrogen) atoms. The predicted molar refractivity (Wildman–Crippen MR) is 128 cm³/mol. The molecule has 2 aromatic heterocycles. The number of nitrogens with one attached hydrogen (secondary N) is 3. The van der Waals surface area contributed by atoms with Crippen LogP contribution < -0.4 is 20.1 Å². The third-order valence-electron chi connectivity index (χ3n) is 6.32. The van der Waals surface area contributed by atoms with Gasteiger partial charge in [-0.1, -0.05) is 0 Å². The largest absolute Gasteiger partial charge is 0.494 e. The number of β-amino-alcohol motifs (C(OH)–C–C–N with tert-alkyl or cyclic N) is 1. The molecule has 3 heterocycles. The zero-order valence-corrected chi connectivity index (χ0v) is 19.8. The van der Waals surface area contributed by atoms with Crippen molar-refractivity contribution in [2.45, 2.75) is 31.9 Å². The normalized spacial score (nSPS) is 19.6. The lowest BCUT2D eigenvalue weighted by Gasteiger charge is -2.15. The van der Waals surface area contributed by atoms with Crippen LogP contribution in [-0.4, -0.2) is 59.9 Å². The molecule has 2 fully saturated rings. The zero-order valence-electron chi connectivity index (χ0n) is 19.0. The highest BCUT2D eigenvalue weighted by atomic mass is 35.5. The smallest absolute Gasteiger partial charge is 0.255 e. The molecular formula is C24H28ClFN4O4. The van der Waals surface area contributed by atoms with Crippen molar-refractivity contribution in [3.63, 3.8) is 0 Å². The van der Waals surface area contributed by atoms with E-state index in [0.717, 1.165) is 18.4 Å². The molecule has 1 aliphatic carbocycles. The molecule has 5 rings (SSSR count). The van der Waals surface area contributed by atoms with E-state index in [-0.39, 0.29) is 30.1 Å². The van der Waals surface area contributed by atoms with Gasteiger partial charge in [0.15, 0.2) is 11.6 Å². The molecule has 1 saturated heterocycles. The van der Waals surface area contributed by atoms with Crippen molar-refractivity contribution in [2.24, 2.45) is 5.92 Å². The van der Waals surface area contributed by atoms with Crippen LogP contribution in [0.25, 0.3) is 22.2 Å². The number of pyridine rings is 1. The molecule has 1 aromatic carbocycles. The summed E-state index contributed by atoms with van der Waals surface area (Å²) >= 11 is 0. The molecule has 8 nitrogen and oxygen atoms in total. The molecule has 0 bridgehead atoms. The molecule has 2 aliphatic rings. The lowest BCUT2D eigenvalue weighted by Crippen LogP contribution is -2.42. The maximum Gasteiger partial charge on any atom is 0.255 e. The van der Waals surface area contributed by atoms with Crippen molar-refractivity contribution in [1.82, 2.24) is 20.6 Å². The van der Waals surface area contributed by atoms with Crippen LogP contribution in [0.3, 0.4) is 0 Å². The van der Waals surface area contributed by atoms with Crippen molar-refractivity contribution in [3.05, 3.63) is 41.5 Å². The average Bonchev–Trinajstić information content (AvgIpc) is 3.45. The number of aliphatic hydroxyl groups is 1. The van der Waals surface area contributed by atoms with Gasteiger partial charge in [-0.2, -0.15) is 0 Å². The number of benzene rings is 1. The quantitative estimate of drug-likeness (QED) is 0.405. The van der Waals surface area contributed by atoms with E-state index < -0.39 is 11.9 Å². The van der Waals surface area contributed by atoms with E-state index in [1.165, 1.54) is 13.2 Å². The molecule has 2 atom stereocenters. The summed E-state index contributed by atoms with van der Waals surface area (Å²) < 4.78 is 25.7. The number of rotatable bonds is 7. The summed E-state index contributed by atoms with van der Waals surface area (Å²) in [5, 5.41) is 16.0. The van der Waals surface area contributed by atoms with Crippen molar-refractivity contribution in [3.8, 4) is 22.6 Å². The average molecular weight is 491 g/mol. The molecular weight excluding hydrogens is 463 g/mol. The van der Waals surface area contributed by atoms with Crippen LogP contribution in [0.5, 0.6) is 11.5 Å². The van der Waals surface area contributed by atoms with Gasteiger partial charge >= 0.3 is 0 Å². The molecule has 0 unspecified atom stereocenters. The molecule has 1 amide bonds. The first-order valence-corrected chi connectivity index (χ1v) is 11.1. The molecule has 0 radical (unpaired) electrons. The first kappa shape index (κ1) is 24.3. The lowest BCUT2D eigenvalue weighted by atomic mass is 10.0. The minimum absolute atomic E-state index is 0. The lowest BCUT2D eigenvalue weighted by molar-refractivity contribution is 0.0889. The van der Waals surface area contributed by atoms with E-state index in [9.17, 15) is 14.3 Å². The van der Waals surface area contributed by atoms with Crippen molar-refractivity contribution in [2.75, 3.05) is 26.8 Å². The molecule has 1 aliphatic heterocycles. The molecule has 10 heteroatoms. The first-order valence-electron chi connectivity index (χ1n) is 11.1. The van der Waals surface area contributed by atoms with Crippen LogP contribution >= 0.6 is 12.4 Å². The number of carbonyl (C=O) groups is 1. The van der Waals surface area contributed by atoms with Crippen molar-refractivity contribution in [1.29, 1.82) is 0 Å². The van der Waals surface area contributed by atoms with Crippen molar-refractivity contribution >= 4 is 29.3 Å². The van der Waals surface area contributed by atoms with E-state index in [4.69, 9.17) is 9.47 Å². The second-order valence-electron chi connectivity index (χ2n) is 8.75. The van der Waals surface area contributed by atoms with Crippen LogP contribution in [0.4, 0.5) is 4.39 Å². The van der Waals surface area contributed by atoms with Gasteiger partial charge in [-0.3, -0.25) is 9.78 Å². The maximum absolute atomic E-state index is 14.5. The Bertz CT molecular complexity index is 1210. The van der Waals surface area contributed by atoms with E-state index in [2.05, 4.69) is 20.6 Å². The molecule has 182 valence electrons. The molecule has 4 N–H and O–H groups in total. The second kappa shape index (κ2) is 9.77. The van der Waals surface area contributed by atoms with Crippen LogP contribution in [0.15, 0.2) is 24.4 Å². The number of ether oxygens (including phenoxy) is 2. The van der Waals surface area contributed by atoms with E-state index in [1.54, 1.807) is 25.3 Å². The fourth-order valence-electron chi connectivity index (χ4n) is 4.27. The number of hydrogen-bond acceptors (Lipinski definition) is 6. The number of carbonyl (C=O) groups excluding carboxylic acids is 1. The minimum atomic E-state index is -0.638. The van der Waals surface area contributed by atoms with E-state index >= 15 is 0 Å². The van der Waals surface area contributed by atoms with Gasteiger partial charge in [-0.25, -0.2) is 4.39 Å². The summed E-state index contributed by atoms with van der Waals surface area (Å²) in [6, 6.07) is 4.40. The van der Waals surface area contributed by atoms with Crippen LogP contribution in [0.2, 0.25) is 0 Å². The van der Waals surface area contributed by atoms with Gasteiger partial charge < -0.3 is 30.2 Å². The third kappa shape index (κ3) is 4.55. The number of aromatic nitrogens is 2. The zero-order chi connectivity index (χ0) is 23.1. The number of methoxy groups -OCH3 is 1. The van der Waals surface area contributed by atoms with Gasteiger partial charge in [0, 0.05) is 42.2 Å². The summed E-state index contributed by atoms with van der Waals surface area (Å²) in [6.07, 6.45) is 3.22. The van der Waals surface area contributed by atoms with Crippen LogP contribution in [0.1, 0.15) is 28.9 Å². The minimum Gasteiger partial charge on any atom is -0.494 e. The Hall–Kier alpha value is -2.88. The Morgan fingerprint density at radius 3 is 2.74 bits per heavy atom. The number of amides is 1. The van der Waals surface area contributed by atoms with Gasteiger partial charge in [0.05, 0.1) is 36.9 Å². The SMILES string of the molecule is COc1cc(-c2ccnc3c(C(=O)N[C@@H]4CNC[C@H]4O)c(C)[nH]c23)c(OCC2CC2)cc1F.Cl. The van der Waals surface area contributed by atoms with Gasteiger partial charge in [-0.05, 0) is 37.8 Å². The van der Waals surface area contributed by atoms with E-state index in [0.29, 0.717) is 59.2 Å². The van der Waals surface area contributed by atoms with Gasteiger partial charge in [-0.15, -0.1) is 12.4 Å². The van der Waals surface area contributed by atoms with Gasteiger partial charge in [0.1, 0.15) is 11.3 Å². The monoisotopic (exact) mass is 490 g/mol. The maximum atomic E-state index is 14.5. The van der Waals surface area contributed by atoms with Crippen LogP contribution in [0, 0.1) is 18.7 Å². The van der Waals surface area contributed by atoms with E-state index in [1.807, 2.05) is 0 Å². The van der Waals surface area contributed by atoms with Gasteiger partial charge in [0.2, 0.25) is 0 Å². The molecule has 1 saturated carbocycles. The summed E-state index contributed by atoms with van der Waals surface area (Å²) in [5.74, 6) is 0.231. The highest BCUT2D eigenvalue weighted by Crippen LogP contribution is 2.40. The number of fused-ring (bicyclic) bond motifs is 1. The Balaban J connectivity index is 0.00000274. The standard InChI is InChI=1S/C24H27FN4O4.ClH/c1-12-21(24(31)29-17-9-26-10-18(17)30)23-22(28-12)14(5-6-27-23)15-7-20(32-2)16(25)8-19(15)33-11-13-3-4-13;/h5-8,13,17-18,26,28,30H,3-4,9-11H2,1-2H3,(H,29,31);1H/t17-,18-;/m1./s1.